The standard InChI is InChI=1S/C18H22N2O2/c1-12(7-13-8-19-15-6-4-3-5-14(13)15)20-18-9-17(10-18,11-18)16(21)22-2/h3-6,8,12,19-20H,7,9-11H2,1-2H3/t12-,17?,18?/m1/s1. The van der Waals surface area contributed by atoms with E-state index in [2.05, 4.69) is 47.7 Å². The zero-order valence-corrected chi connectivity index (χ0v) is 13.1. The fourth-order valence-electron chi connectivity index (χ4n) is 4.58. The lowest BCUT2D eigenvalue weighted by molar-refractivity contribution is -0.203. The molecule has 0 spiro atoms. The summed E-state index contributed by atoms with van der Waals surface area (Å²) in [5, 5.41) is 5.05. The van der Waals surface area contributed by atoms with E-state index < -0.39 is 0 Å². The molecule has 3 fully saturated rings. The number of para-hydroxylation sites is 1. The van der Waals surface area contributed by atoms with Gasteiger partial charge in [0.2, 0.25) is 0 Å². The number of carbonyl (C=O) groups is 1. The number of ether oxygens (including phenoxy) is 1. The van der Waals surface area contributed by atoms with Crippen LogP contribution in [-0.4, -0.2) is 29.6 Å². The maximum atomic E-state index is 11.7. The monoisotopic (exact) mass is 298 g/mol. The molecule has 2 aromatic rings. The molecule has 5 rings (SSSR count). The minimum atomic E-state index is -0.164. The summed E-state index contributed by atoms with van der Waals surface area (Å²) >= 11 is 0. The first kappa shape index (κ1) is 13.8. The summed E-state index contributed by atoms with van der Waals surface area (Å²) in [7, 11) is 1.49. The minimum Gasteiger partial charge on any atom is -0.469 e. The van der Waals surface area contributed by atoms with Crippen molar-refractivity contribution in [3.05, 3.63) is 36.0 Å². The van der Waals surface area contributed by atoms with Crippen molar-refractivity contribution in [1.82, 2.24) is 10.3 Å². The van der Waals surface area contributed by atoms with Crippen molar-refractivity contribution in [2.75, 3.05) is 7.11 Å². The average Bonchev–Trinajstić information content (AvgIpc) is 2.84. The third kappa shape index (κ3) is 1.90. The Morgan fingerprint density at radius 2 is 2.09 bits per heavy atom. The minimum absolute atomic E-state index is 0.0274. The molecule has 3 aliphatic rings. The number of esters is 1. The van der Waals surface area contributed by atoms with Crippen molar-refractivity contribution in [2.24, 2.45) is 5.41 Å². The van der Waals surface area contributed by atoms with Crippen LogP contribution < -0.4 is 5.32 Å². The van der Waals surface area contributed by atoms with Crippen molar-refractivity contribution in [3.8, 4) is 0 Å². The molecule has 2 N–H and O–H groups in total. The largest absolute Gasteiger partial charge is 0.469 e. The summed E-state index contributed by atoms with van der Waals surface area (Å²) in [5.41, 5.74) is 2.56. The van der Waals surface area contributed by atoms with Gasteiger partial charge in [-0.05, 0) is 44.2 Å². The van der Waals surface area contributed by atoms with E-state index >= 15 is 0 Å². The summed E-state index contributed by atoms with van der Waals surface area (Å²) in [4.78, 5) is 15.1. The Bertz CT molecular complexity index is 714. The highest BCUT2D eigenvalue weighted by Gasteiger charge is 2.72. The van der Waals surface area contributed by atoms with Crippen LogP contribution in [0.1, 0.15) is 31.7 Å². The number of aromatic nitrogens is 1. The van der Waals surface area contributed by atoms with Crippen molar-refractivity contribution in [1.29, 1.82) is 0 Å². The van der Waals surface area contributed by atoms with Gasteiger partial charge in [-0.1, -0.05) is 18.2 Å². The van der Waals surface area contributed by atoms with Crippen LogP contribution >= 0.6 is 0 Å². The topological polar surface area (TPSA) is 54.1 Å². The summed E-state index contributed by atoms with van der Waals surface area (Å²) in [6, 6.07) is 8.81. The zero-order valence-electron chi connectivity index (χ0n) is 13.1. The number of hydrogen-bond acceptors (Lipinski definition) is 3. The summed E-state index contributed by atoms with van der Waals surface area (Å²) in [6.45, 7) is 2.23. The van der Waals surface area contributed by atoms with Gasteiger partial charge in [-0.15, -0.1) is 0 Å². The van der Waals surface area contributed by atoms with Crippen LogP contribution in [0.2, 0.25) is 0 Å². The first-order valence-electron chi connectivity index (χ1n) is 7.97. The number of rotatable bonds is 5. The maximum Gasteiger partial charge on any atom is 0.312 e. The fraction of sp³-hybridized carbons (Fsp3) is 0.500. The molecule has 22 heavy (non-hydrogen) atoms. The lowest BCUT2D eigenvalue weighted by atomic mass is 9.39. The second kappa shape index (κ2) is 4.59. The Morgan fingerprint density at radius 3 is 2.82 bits per heavy atom. The molecule has 0 saturated heterocycles. The second-order valence-corrected chi connectivity index (χ2v) is 7.19. The van der Waals surface area contributed by atoms with Crippen LogP contribution in [0.25, 0.3) is 10.9 Å². The van der Waals surface area contributed by atoms with Gasteiger partial charge in [-0.25, -0.2) is 0 Å². The van der Waals surface area contributed by atoms with Crippen LogP contribution in [0, 0.1) is 5.41 Å². The van der Waals surface area contributed by atoms with Gasteiger partial charge < -0.3 is 15.0 Å². The molecule has 4 nitrogen and oxygen atoms in total. The molecule has 1 heterocycles. The lowest BCUT2D eigenvalue weighted by Gasteiger charge is -2.69. The Morgan fingerprint density at radius 1 is 1.36 bits per heavy atom. The number of fused-ring (bicyclic) bond motifs is 1. The number of carbonyl (C=O) groups excluding carboxylic acids is 1. The predicted octanol–water partition coefficient (Wildman–Crippen LogP) is 2.78. The van der Waals surface area contributed by atoms with E-state index in [4.69, 9.17) is 4.74 Å². The number of benzene rings is 1. The van der Waals surface area contributed by atoms with Gasteiger partial charge in [0.1, 0.15) is 0 Å². The molecule has 1 aromatic carbocycles. The molecule has 2 bridgehead atoms. The molecule has 0 aliphatic heterocycles. The third-order valence-electron chi connectivity index (χ3n) is 5.40. The van der Waals surface area contributed by atoms with E-state index in [-0.39, 0.29) is 16.9 Å². The molecule has 3 aliphatic carbocycles. The smallest absolute Gasteiger partial charge is 0.312 e. The van der Waals surface area contributed by atoms with E-state index in [1.165, 1.54) is 23.6 Å². The molecule has 1 aromatic heterocycles. The third-order valence-corrected chi connectivity index (χ3v) is 5.40. The molecular formula is C18H22N2O2. The number of methoxy groups -OCH3 is 1. The number of H-pyrrole nitrogens is 1. The zero-order chi connectivity index (χ0) is 15.4. The summed E-state index contributed by atoms with van der Waals surface area (Å²) < 4.78 is 4.91. The van der Waals surface area contributed by atoms with Crippen molar-refractivity contribution < 1.29 is 9.53 Å². The van der Waals surface area contributed by atoms with Gasteiger partial charge >= 0.3 is 5.97 Å². The van der Waals surface area contributed by atoms with Gasteiger partial charge in [-0.2, -0.15) is 0 Å². The van der Waals surface area contributed by atoms with Crippen molar-refractivity contribution in [2.45, 2.75) is 44.2 Å². The average molecular weight is 298 g/mol. The first-order chi connectivity index (χ1) is 10.6. The highest BCUT2D eigenvalue weighted by atomic mass is 16.5. The van der Waals surface area contributed by atoms with E-state index in [1.54, 1.807) is 0 Å². The highest BCUT2D eigenvalue weighted by molar-refractivity contribution is 5.83. The number of aromatic amines is 1. The van der Waals surface area contributed by atoms with Crippen LogP contribution in [0.3, 0.4) is 0 Å². The quantitative estimate of drug-likeness (QED) is 0.835. The van der Waals surface area contributed by atoms with Gasteiger partial charge in [0.15, 0.2) is 0 Å². The number of nitrogens with one attached hydrogen (secondary N) is 2. The van der Waals surface area contributed by atoms with Gasteiger partial charge in [0.25, 0.3) is 0 Å². The Balaban J connectivity index is 1.39. The van der Waals surface area contributed by atoms with Gasteiger partial charge in [-0.3, -0.25) is 4.79 Å². The summed E-state index contributed by atoms with van der Waals surface area (Å²) in [6.07, 6.45) is 5.92. The molecule has 116 valence electrons. The van der Waals surface area contributed by atoms with Crippen LogP contribution in [-0.2, 0) is 16.0 Å². The summed E-state index contributed by atoms with van der Waals surface area (Å²) in [5.74, 6) is -0.0274. The fourth-order valence-corrected chi connectivity index (χ4v) is 4.58. The van der Waals surface area contributed by atoms with E-state index in [9.17, 15) is 4.79 Å². The second-order valence-electron chi connectivity index (χ2n) is 7.19. The lowest BCUT2D eigenvalue weighted by Crippen LogP contribution is -2.77. The SMILES string of the molecule is COC(=O)C12CC(N[C@H](C)Cc3c[nH]c4ccccc34)(C1)C2. The molecule has 1 atom stereocenters. The van der Waals surface area contributed by atoms with Crippen molar-refractivity contribution in [3.63, 3.8) is 0 Å². The number of hydrogen-bond donors (Lipinski definition) is 2. The Labute approximate surface area is 130 Å². The Kier molecular flexibility index (Phi) is 2.89. The Hall–Kier alpha value is -1.81. The molecule has 3 saturated carbocycles. The van der Waals surface area contributed by atoms with Crippen LogP contribution in [0.4, 0.5) is 0 Å². The normalized spacial score (nSPS) is 30.5. The molecule has 4 heteroatoms. The van der Waals surface area contributed by atoms with Crippen LogP contribution in [0.5, 0.6) is 0 Å². The molecule has 0 radical (unpaired) electrons. The predicted molar refractivity (Wildman–Crippen MR) is 85.6 cm³/mol. The van der Waals surface area contributed by atoms with E-state index in [0.717, 1.165) is 25.7 Å². The van der Waals surface area contributed by atoms with Crippen LogP contribution in [0.15, 0.2) is 30.5 Å². The highest BCUT2D eigenvalue weighted by Crippen LogP contribution is 2.67. The maximum absolute atomic E-state index is 11.7. The van der Waals surface area contributed by atoms with E-state index in [0.29, 0.717) is 6.04 Å². The first-order valence-corrected chi connectivity index (χ1v) is 7.97. The molecular weight excluding hydrogens is 276 g/mol. The van der Waals surface area contributed by atoms with Crippen molar-refractivity contribution >= 4 is 16.9 Å². The van der Waals surface area contributed by atoms with Gasteiger partial charge in [0, 0.05) is 28.7 Å². The molecule has 0 amide bonds. The van der Waals surface area contributed by atoms with E-state index in [1.807, 2.05) is 0 Å². The van der Waals surface area contributed by atoms with Gasteiger partial charge in [0.05, 0.1) is 12.5 Å². The molecule has 0 unspecified atom stereocenters.